The van der Waals surface area contributed by atoms with E-state index in [2.05, 4.69) is 34.4 Å². The van der Waals surface area contributed by atoms with Crippen molar-refractivity contribution in [3.63, 3.8) is 0 Å². The molecule has 0 spiro atoms. The van der Waals surface area contributed by atoms with Gasteiger partial charge in [0.05, 0.1) is 0 Å². The highest BCUT2D eigenvalue weighted by Gasteiger charge is 2.08. The molecule has 118 valence electrons. The predicted octanol–water partition coefficient (Wildman–Crippen LogP) is 2.61. The van der Waals surface area contributed by atoms with Gasteiger partial charge in [0.2, 0.25) is 0 Å². The van der Waals surface area contributed by atoms with Gasteiger partial charge < -0.3 is 15.5 Å². The number of hydrogen-bond acceptors (Lipinski definition) is 2. The molecule has 1 aliphatic rings. The molecule has 4 heteroatoms. The lowest BCUT2D eigenvalue weighted by Gasteiger charge is -2.26. The number of aliphatic imine (C=N–C) groups is 1. The molecule has 20 heavy (non-hydrogen) atoms. The van der Waals surface area contributed by atoms with E-state index in [1.165, 1.54) is 58.2 Å². The molecule has 0 radical (unpaired) electrons. The van der Waals surface area contributed by atoms with Gasteiger partial charge in [0.1, 0.15) is 0 Å². The zero-order valence-corrected chi connectivity index (χ0v) is 13.7. The highest BCUT2D eigenvalue weighted by Crippen LogP contribution is 2.09. The summed E-state index contributed by atoms with van der Waals surface area (Å²) >= 11 is 0. The molecule has 0 amide bonds. The Morgan fingerprint density at radius 3 is 2.55 bits per heavy atom. The van der Waals surface area contributed by atoms with Crippen molar-refractivity contribution in [2.45, 2.75) is 64.8 Å². The maximum atomic E-state index is 4.25. The molecule has 0 saturated carbocycles. The van der Waals surface area contributed by atoms with Crippen LogP contribution in [0.5, 0.6) is 0 Å². The standard InChI is InChI=1S/C16H34N4/c1-4-15(2)19-16(17-3)18-11-7-5-8-12-20-13-9-6-10-14-20/h15H,4-14H2,1-3H3,(H2,17,18,19). The van der Waals surface area contributed by atoms with Crippen LogP contribution in [0.3, 0.4) is 0 Å². The Bertz CT molecular complexity index is 259. The first kappa shape index (κ1) is 17.3. The summed E-state index contributed by atoms with van der Waals surface area (Å²) in [7, 11) is 1.84. The van der Waals surface area contributed by atoms with Crippen LogP contribution in [0, 0.1) is 0 Å². The van der Waals surface area contributed by atoms with E-state index < -0.39 is 0 Å². The van der Waals surface area contributed by atoms with Gasteiger partial charge in [-0.05, 0) is 58.7 Å². The summed E-state index contributed by atoms with van der Waals surface area (Å²) in [6.45, 7) is 9.33. The Balaban J connectivity index is 1.97. The van der Waals surface area contributed by atoms with Crippen LogP contribution in [0.15, 0.2) is 4.99 Å². The van der Waals surface area contributed by atoms with Crippen LogP contribution < -0.4 is 10.6 Å². The van der Waals surface area contributed by atoms with E-state index in [9.17, 15) is 0 Å². The predicted molar refractivity (Wildman–Crippen MR) is 88.4 cm³/mol. The molecule has 0 bridgehead atoms. The lowest BCUT2D eigenvalue weighted by atomic mass is 10.1. The Kier molecular flexibility index (Phi) is 9.46. The van der Waals surface area contributed by atoms with Crippen LogP contribution in [0.2, 0.25) is 0 Å². The zero-order valence-electron chi connectivity index (χ0n) is 13.7. The number of nitrogens with one attached hydrogen (secondary N) is 2. The summed E-state index contributed by atoms with van der Waals surface area (Å²) in [5, 5.41) is 6.79. The van der Waals surface area contributed by atoms with Gasteiger partial charge in [-0.1, -0.05) is 19.8 Å². The lowest BCUT2D eigenvalue weighted by molar-refractivity contribution is 0.224. The Morgan fingerprint density at radius 2 is 1.90 bits per heavy atom. The molecular formula is C16H34N4. The number of likely N-dealkylation sites (tertiary alicyclic amines) is 1. The van der Waals surface area contributed by atoms with Crippen LogP contribution in [0.25, 0.3) is 0 Å². The van der Waals surface area contributed by atoms with Crippen LogP contribution in [-0.4, -0.2) is 50.1 Å². The minimum Gasteiger partial charge on any atom is -0.356 e. The maximum Gasteiger partial charge on any atom is 0.191 e. The molecule has 1 heterocycles. The average Bonchev–Trinajstić information content (AvgIpc) is 2.50. The van der Waals surface area contributed by atoms with Crippen molar-refractivity contribution in [2.24, 2.45) is 4.99 Å². The summed E-state index contributed by atoms with van der Waals surface area (Å²) in [6.07, 6.45) is 9.23. The highest BCUT2D eigenvalue weighted by molar-refractivity contribution is 5.79. The van der Waals surface area contributed by atoms with E-state index in [0.29, 0.717) is 6.04 Å². The van der Waals surface area contributed by atoms with Gasteiger partial charge in [-0.25, -0.2) is 0 Å². The van der Waals surface area contributed by atoms with Crippen molar-refractivity contribution in [1.82, 2.24) is 15.5 Å². The molecule has 1 atom stereocenters. The van der Waals surface area contributed by atoms with E-state index in [4.69, 9.17) is 0 Å². The van der Waals surface area contributed by atoms with Gasteiger partial charge >= 0.3 is 0 Å². The van der Waals surface area contributed by atoms with Crippen molar-refractivity contribution < 1.29 is 0 Å². The summed E-state index contributed by atoms with van der Waals surface area (Å²) in [5.74, 6) is 0.940. The minimum atomic E-state index is 0.486. The highest BCUT2D eigenvalue weighted by atomic mass is 15.2. The van der Waals surface area contributed by atoms with Crippen molar-refractivity contribution >= 4 is 5.96 Å². The SMILES string of the molecule is CCC(C)NC(=NC)NCCCCCN1CCCCC1. The summed E-state index contributed by atoms with van der Waals surface area (Å²) < 4.78 is 0. The second-order valence-corrected chi connectivity index (χ2v) is 5.92. The quantitative estimate of drug-likeness (QED) is 0.408. The topological polar surface area (TPSA) is 39.7 Å². The van der Waals surface area contributed by atoms with E-state index in [1.807, 2.05) is 7.05 Å². The lowest BCUT2D eigenvalue weighted by Crippen LogP contribution is -2.42. The number of nitrogens with zero attached hydrogens (tertiary/aromatic N) is 2. The molecule has 1 saturated heterocycles. The number of guanidine groups is 1. The van der Waals surface area contributed by atoms with Crippen LogP contribution in [0.1, 0.15) is 58.8 Å². The molecule has 1 unspecified atom stereocenters. The first-order chi connectivity index (χ1) is 9.76. The molecule has 1 fully saturated rings. The summed E-state index contributed by atoms with van der Waals surface area (Å²) in [5.41, 5.74) is 0. The fraction of sp³-hybridized carbons (Fsp3) is 0.938. The second-order valence-electron chi connectivity index (χ2n) is 5.92. The Morgan fingerprint density at radius 1 is 1.15 bits per heavy atom. The van der Waals surface area contributed by atoms with Gasteiger partial charge in [0.25, 0.3) is 0 Å². The van der Waals surface area contributed by atoms with Crippen LogP contribution >= 0.6 is 0 Å². The molecule has 0 aromatic heterocycles. The number of hydrogen-bond donors (Lipinski definition) is 2. The van der Waals surface area contributed by atoms with Crippen LogP contribution in [-0.2, 0) is 0 Å². The van der Waals surface area contributed by atoms with Crippen molar-refractivity contribution in [3.8, 4) is 0 Å². The third-order valence-electron chi connectivity index (χ3n) is 4.11. The first-order valence-electron chi connectivity index (χ1n) is 8.45. The monoisotopic (exact) mass is 282 g/mol. The molecule has 0 aromatic rings. The smallest absolute Gasteiger partial charge is 0.191 e. The Labute approximate surface area is 125 Å². The third-order valence-corrected chi connectivity index (χ3v) is 4.11. The van der Waals surface area contributed by atoms with Crippen LogP contribution in [0.4, 0.5) is 0 Å². The van der Waals surface area contributed by atoms with Gasteiger partial charge in [-0.3, -0.25) is 4.99 Å². The normalized spacial score (nSPS) is 18.9. The molecule has 4 nitrogen and oxygen atoms in total. The van der Waals surface area contributed by atoms with E-state index >= 15 is 0 Å². The van der Waals surface area contributed by atoms with E-state index in [0.717, 1.165) is 18.9 Å². The largest absolute Gasteiger partial charge is 0.356 e. The number of rotatable bonds is 8. The molecule has 1 aliphatic heterocycles. The van der Waals surface area contributed by atoms with Crippen molar-refractivity contribution in [2.75, 3.05) is 33.2 Å². The van der Waals surface area contributed by atoms with Gasteiger partial charge in [0.15, 0.2) is 5.96 Å². The van der Waals surface area contributed by atoms with Gasteiger partial charge in [-0.15, -0.1) is 0 Å². The first-order valence-corrected chi connectivity index (χ1v) is 8.45. The zero-order chi connectivity index (χ0) is 14.6. The average molecular weight is 282 g/mol. The molecule has 2 N–H and O–H groups in total. The minimum absolute atomic E-state index is 0.486. The van der Waals surface area contributed by atoms with E-state index in [1.54, 1.807) is 0 Å². The van der Waals surface area contributed by atoms with Gasteiger partial charge in [-0.2, -0.15) is 0 Å². The van der Waals surface area contributed by atoms with Gasteiger partial charge in [0, 0.05) is 19.6 Å². The van der Waals surface area contributed by atoms with Crippen molar-refractivity contribution in [3.05, 3.63) is 0 Å². The number of piperidine rings is 1. The second kappa shape index (κ2) is 11.0. The van der Waals surface area contributed by atoms with E-state index in [-0.39, 0.29) is 0 Å². The molecule has 1 rings (SSSR count). The Hall–Kier alpha value is -0.770. The number of unbranched alkanes of at least 4 members (excludes halogenated alkanes) is 2. The summed E-state index contributed by atoms with van der Waals surface area (Å²) in [4.78, 5) is 6.88. The molecular weight excluding hydrogens is 248 g/mol. The fourth-order valence-corrected chi connectivity index (χ4v) is 2.56. The molecule has 0 aromatic carbocycles. The van der Waals surface area contributed by atoms with Crippen molar-refractivity contribution in [1.29, 1.82) is 0 Å². The third kappa shape index (κ3) is 7.73. The maximum absolute atomic E-state index is 4.25. The fourth-order valence-electron chi connectivity index (χ4n) is 2.56. The molecule has 0 aliphatic carbocycles. The summed E-state index contributed by atoms with van der Waals surface area (Å²) in [6, 6.07) is 0.486.